The molecule has 7 heteroatoms. The first-order chi connectivity index (χ1) is 9.13. The SMILES string of the molecule is Cc1csc(-c2nc(-c3cncn3C)cc(=O)[nH]2)n1. The third kappa shape index (κ3) is 2.19. The van der Waals surface area contributed by atoms with E-state index in [9.17, 15) is 4.79 Å². The molecule has 0 saturated carbocycles. The zero-order valence-electron chi connectivity index (χ0n) is 10.4. The third-order valence-corrected chi connectivity index (χ3v) is 3.61. The van der Waals surface area contributed by atoms with Crippen molar-refractivity contribution in [1.82, 2.24) is 24.5 Å². The maximum Gasteiger partial charge on any atom is 0.251 e. The van der Waals surface area contributed by atoms with E-state index in [2.05, 4.69) is 19.9 Å². The highest BCUT2D eigenvalue weighted by atomic mass is 32.1. The Balaban J connectivity index is 2.16. The fraction of sp³-hybridized carbons (Fsp3) is 0.167. The first kappa shape index (κ1) is 11.8. The van der Waals surface area contributed by atoms with Crippen LogP contribution in [0.1, 0.15) is 5.69 Å². The number of H-pyrrole nitrogens is 1. The molecule has 0 atom stereocenters. The summed E-state index contributed by atoms with van der Waals surface area (Å²) in [7, 11) is 1.86. The lowest BCUT2D eigenvalue weighted by Crippen LogP contribution is -2.09. The van der Waals surface area contributed by atoms with Gasteiger partial charge in [-0.2, -0.15) is 0 Å². The molecule has 0 saturated heterocycles. The molecule has 0 aliphatic heterocycles. The third-order valence-electron chi connectivity index (χ3n) is 2.64. The van der Waals surface area contributed by atoms with E-state index >= 15 is 0 Å². The number of aromatic amines is 1. The molecule has 1 N–H and O–H groups in total. The summed E-state index contributed by atoms with van der Waals surface area (Å²) in [6.45, 7) is 1.91. The van der Waals surface area contributed by atoms with Gasteiger partial charge in [0.15, 0.2) is 10.8 Å². The van der Waals surface area contributed by atoms with E-state index in [4.69, 9.17) is 0 Å². The highest BCUT2D eigenvalue weighted by Gasteiger charge is 2.10. The Morgan fingerprint density at radius 3 is 2.84 bits per heavy atom. The molecule has 0 bridgehead atoms. The number of nitrogens with one attached hydrogen (secondary N) is 1. The molecule has 0 amide bonds. The summed E-state index contributed by atoms with van der Waals surface area (Å²) < 4.78 is 1.82. The first-order valence-corrected chi connectivity index (χ1v) is 6.52. The molecule has 0 spiro atoms. The van der Waals surface area contributed by atoms with Crippen LogP contribution < -0.4 is 5.56 Å². The summed E-state index contributed by atoms with van der Waals surface area (Å²) in [6, 6.07) is 1.46. The molecular weight excluding hydrogens is 262 g/mol. The molecule has 3 aromatic heterocycles. The normalized spacial score (nSPS) is 10.8. The predicted molar refractivity (Wildman–Crippen MR) is 72.9 cm³/mol. The largest absolute Gasteiger partial charge is 0.332 e. The fourth-order valence-electron chi connectivity index (χ4n) is 1.76. The van der Waals surface area contributed by atoms with Crippen LogP contribution >= 0.6 is 11.3 Å². The average Bonchev–Trinajstić information content (AvgIpc) is 2.97. The van der Waals surface area contributed by atoms with Gasteiger partial charge in [-0.1, -0.05) is 0 Å². The highest BCUT2D eigenvalue weighted by Crippen LogP contribution is 2.21. The Morgan fingerprint density at radius 1 is 1.37 bits per heavy atom. The number of rotatable bonds is 2. The number of hydrogen-bond donors (Lipinski definition) is 1. The summed E-state index contributed by atoms with van der Waals surface area (Å²) in [6.07, 6.45) is 3.35. The Morgan fingerprint density at radius 2 is 2.21 bits per heavy atom. The Labute approximate surface area is 112 Å². The first-order valence-electron chi connectivity index (χ1n) is 5.64. The smallest absolute Gasteiger partial charge is 0.251 e. The summed E-state index contributed by atoms with van der Waals surface area (Å²) in [4.78, 5) is 27.3. The molecular formula is C12H11N5OS. The maximum absolute atomic E-state index is 11.7. The van der Waals surface area contributed by atoms with Crippen molar-refractivity contribution in [1.29, 1.82) is 0 Å². The molecule has 3 heterocycles. The average molecular weight is 273 g/mol. The minimum Gasteiger partial charge on any atom is -0.332 e. The molecule has 3 aromatic rings. The van der Waals surface area contributed by atoms with Gasteiger partial charge in [-0.25, -0.2) is 15.0 Å². The standard InChI is InChI=1S/C12H11N5OS/c1-7-5-19-12(14-7)11-15-8(3-10(18)16-11)9-4-13-6-17(9)2/h3-6H,1-2H3,(H,15,16,18). The molecule has 3 rings (SSSR count). The lowest BCUT2D eigenvalue weighted by Gasteiger charge is -2.02. The molecule has 0 aliphatic carbocycles. The van der Waals surface area contributed by atoms with Gasteiger partial charge in [0.2, 0.25) is 0 Å². The Hall–Kier alpha value is -2.28. The second kappa shape index (κ2) is 4.43. The number of imidazole rings is 1. The van der Waals surface area contributed by atoms with Crippen LogP contribution in [-0.4, -0.2) is 24.5 Å². The van der Waals surface area contributed by atoms with E-state index < -0.39 is 0 Å². The van der Waals surface area contributed by atoms with Gasteiger partial charge in [0.1, 0.15) is 0 Å². The molecule has 0 radical (unpaired) electrons. The van der Waals surface area contributed by atoms with E-state index in [1.54, 1.807) is 12.5 Å². The van der Waals surface area contributed by atoms with Crippen LogP contribution in [0.15, 0.2) is 28.8 Å². The summed E-state index contributed by atoms with van der Waals surface area (Å²) in [5.41, 5.74) is 2.09. The number of nitrogens with zero attached hydrogens (tertiary/aromatic N) is 4. The van der Waals surface area contributed by atoms with Gasteiger partial charge >= 0.3 is 0 Å². The number of aryl methyl sites for hydroxylation is 2. The zero-order chi connectivity index (χ0) is 13.4. The van der Waals surface area contributed by atoms with Gasteiger partial charge in [-0.3, -0.25) is 4.79 Å². The van der Waals surface area contributed by atoms with E-state index in [-0.39, 0.29) is 5.56 Å². The van der Waals surface area contributed by atoms with Gasteiger partial charge in [-0.15, -0.1) is 11.3 Å². The van der Waals surface area contributed by atoms with Crippen LogP contribution in [0.4, 0.5) is 0 Å². The molecule has 19 heavy (non-hydrogen) atoms. The van der Waals surface area contributed by atoms with Gasteiger partial charge in [0.05, 0.1) is 23.9 Å². The molecule has 96 valence electrons. The van der Waals surface area contributed by atoms with Crippen molar-refractivity contribution in [2.45, 2.75) is 6.92 Å². The second-order valence-electron chi connectivity index (χ2n) is 4.16. The van der Waals surface area contributed by atoms with E-state index in [0.717, 1.165) is 11.4 Å². The van der Waals surface area contributed by atoms with E-state index in [0.29, 0.717) is 16.5 Å². The summed E-state index contributed by atoms with van der Waals surface area (Å²) in [5.74, 6) is 0.488. The van der Waals surface area contributed by atoms with Gasteiger partial charge in [0, 0.05) is 24.2 Å². The zero-order valence-corrected chi connectivity index (χ0v) is 11.2. The lowest BCUT2D eigenvalue weighted by molar-refractivity contribution is 0.914. The van der Waals surface area contributed by atoms with Gasteiger partial charge in [-0.05, 0) is 6.92 Å². The lowest BCUT2D eigenvalue weighted by atomic mass is 10.3. The van der Waals surface area contributed by atoms with Crippen LogP contribution in [0.5, 0.6) is 0 Å². The number of aromatic nitrogens is 5. The molecule has 0 unspecified atom stereocenters. The summed E-state index contributed by atoms with van der Waals surface area (Å²) >= 11 is 1.46. The van der Waals surface area contributed by atoms with Crippen LogP contribution in [0.25, 0.3) is 22.2 Å². The summed E-state index contributed by atoms with van der Waals surface area (Å²) in [5, 5.41) is 2.63. The molecule has 6 nitrogen and oxygen atoms in total. The number of thiazole rings is 1. The second-order valence-corrected chi connectivity index (χ2v) is 5.02. The maximum atomic E-state index is 11.7. The van der Waals surface area contributed by atoms with Crippen molar-refractivity contribution in [3.05, 3.63) is 40.0 Å². The van der Waals surface area contributed by atoms with Crippen LogP contribution in [0.2, 0.25) is 0 Å². The molecule has 0 fully saturated rings. The van der Waals surface area contributed by atoms with E-state index in [1.165, 1.54) is 17.4 Å². The van der Waals surface area contributed by atoms with Gasteiger partial charge in [0.25, 0.3) is 5.56 Å². The van der Waals surface area contributed by atoms with Crippen molar-refractivity contribution < 1.29 is 0 Å². The molecule has 0 aliphatic rings. The number of hydrogen-bond acceptors (Lipinski definition) is 5. The van der Waals surface area contributed by atoms with Crippen molar-refractivity contribution in [2.24, 2.45) is 7.05 Å². The Bertz CT molecular complexity index is 785. The quantitative estimate of drug-likeness (QED) is 0.769. The van der Waals surface area contributed by atoms with Crippen LogP contribution in [-0.2, 0) is 7.05 Å². The minimum atomic E-state index is -0.200. The Kier molecular flexibility index (Phi) is 2.75. The molecule has 0 aromatic carbocycles. The monoisotopic (exact) mass is 273 g/mol. The highest BCUT2D eigenvalue weighted by molar-refractivity contribution is 7.13. The van der Waals surface area contributed by atoms with Crippen molar-refractivity contribution in [2.75, 3.05) is 0 Å². The predicted octanol–water partition coefficient (Wildman–Crippen LogP) is 1.60. The van der Waals surface area contributed by atoms with Crippen molar-refractivity contribution >= 4 is 11.3 Å². The topological polar surface area (TPSA) is 76.5 Å². The van der Waals surface area contributed by atoms with Crippen LogP contribution in [0.3, 0.4) is 0 Å². The van der Waals surface area contributed by atoms with Crippen molar-refractivity contribution in [3.63, 3.8) is 0 Å². The van der Waals surface area contributed by atoms with Crippen molar-refractivity contribution in [3.8, 4) is 22.2 Å². The van der Waals surface area contributed by atoms with Crippen LogP contribution in [0, 0.1) is 6.92 Å². The van der Waals surface area contributed by atoms with E-state index in [1.807, 2.05) is 23.9 Å². The minimum absolute atomic E-state index is 0.200. The van der Waals surface area contributed by atoms with Gasteiger partial charge < -0.3 is 9.55 Å². The fourth-order valence-corrected chi connectivity index (χ4v) is 2.50.